The number of benzene rings is 2. The first-order valence-corrected chi connectivity index (χ1v) is 7.84. The topological polar surface area (TPSA) is 102 Å². The van der Waals surface area contributed by atoms with Gasteiger partial charge in [-0.25, -0.2) is 4.79 Å². The molecule has 0 aliphatic rings. The Bertz CT molecular complexity index is 703. The van der Waals surface area contributed by atoms with Gasteiger partial charge in [-0.2, -0.15) is 0 Å². The number of nitrogens with zero attached hydrogens (tertiary/aromatic N) is 1. The second kappa shape index (κ2) is 8.91. The third kappa shape index (κ3) is 5.37. The Balaban J connectivity index is 1.89. The molecule has 0 radical (unpaired) electrons. The number of aliphatic hydroxyl groups is 1. The van der Waals surface area contributed by atoms with Crippen LogP contribution in [0.2, 0.25) is 0 Å². The number of rotatable bonds is 8. The van der Waals surface area contributed by atoms with Crippen molar-refractivity contribution in [2.45, 2.75) is 19.0 Å². The number of hydrogen-bond acceptors (Lipinski definition) is 6. The first-order chi connectivity index (χ1) is 12.0. The van der Waals surface area contributed by atoms with Crippen molar-refractivity contribution >= 4 is 11.7 Å². The van der Waals surface area contributed by atoms with Gasteiger partial charge in [0.15, 0.2) is 0 Å². The quantitative estimate of drug-likeness (QED) is 0.433. The first kappa shape index (κ1) is 18.6. The number of nitro groups is 1. The summed E-state index contributed by atoms with van der Waals surface area (Å²) in [5.41, 5.74) is 1.18. The average molecular weight is 344 g/mol. The lowest BCUT2D eigenvalue weighted by Gasteiger charge is -2.22. The average Bonchev–Trinajstić information content (AvgIpc) is 2.65. The molecule has 0 saturated heterocycles. The Morgan fingerprint density at radius 3 is 2.40 bits per heavy atom. The number of nitrogens with one attached hydrogen (secondary N) is 1. The fourth-order valence-corrected chi connectivity index (χ4v) is 2.32. The molecule has 0 bridgehead atoms. The highest BCUT2D eigenvalue weighted by Gasteiger charge is 2.16. The Labute approximate surface area is 145 Å². The number of ether oxygens (including phenoxy) is 1. The van der Waals surface area contributed by atoms with E-state index < -0.39 is 16.9 Å². The number of hydrogen-bond donors (Lipinski definition) is 2. The third-order valence-electron chi connectivity index (χ3n) is 3.74. The SMILES string of the molecule is C[C@@H](N[C@@H](CO)COC(=O)c1ccc([N+](=O)[O-])cc1)c1ccccc1. The van der Waals surface area contributed by atoms with Crippen LogP contribution in [0.1, 0.15) is 28.9 Å². The van der Waals surface area contributed by atoms with Crippen LogP contribution in [0.5, 0.6) is 0 Å². The summed E-state index contributed by atoms with van der Waals surface area (Å²) < 4.78 is 5.19. The van der Waals surface area contributed by atoms with Crippen molar-refractivity contribution in [2.75, 3.05) is 13.2 Å². The zero-order valence-corrected chi connectivity index (χ0v) is 13.8. The molecule has 2 N–H and O–H groups in total. The predicted octanol–water partition coefficient (Wildman–Crippen LogP) is 2.46. The number of esters is 1. The zero-order chi connectivity index (χ0) is 18.2. The molecule has 132 valence electrons. The summed E-state index contributed by atoms with van der Waals surface area (Å²) in [4.78, 5) is 22.1. The standard InChI is InChI=1S/C18H20N2O5/c1-13(14-5-3-2-4-6-14)19-16(11-21)12-25-18(22)15-7-9-17(10-8-15)20(23)24/h2-10,13,16,19,21H,11-12H2,1H3/t13-,16+/m1/s1. The van der Waals surface area contributed by atoms with Crippen LogP contribution in [0.3, 0.4) is 0 Å². The van der Waals surface area contributed by atoms with Gasteiger partial charge in [0, 0.05) is 18.2 Å². The lowest BCUT2D eigenvalue weighted by molar-refractivity contribution is -0.384. The molecule has 7 heteroatoms. The van der Waals surface area contributed by atoms with E-state index in [0.29, 0.717) is 0 Å². The van der Waals surface area contributed by atoms with Crippen molar-refractivity contribution in [3.05, 3.63) is 75.8 Å². The van der Waals surface area contributed by atoms with Crippen molar-refractivity contribution in [3.8, 4) is 0 Å². The van der Waals surface area contributed by atoms with Crippen LogP contribution >= 0.6 is 0 Å². The maximum absolute atomic E-state index is 12.0. The smallest absolute Gasteiger partial charge is 0.338 e. The zero-order valence-electron chi connectivity index (χ0n) is 13.8. The van der Waals surface area contributed by atoms with Gasteiger partial charge in [0.25, 0.3) is 5.69 Å². The number of aliphatic hydroxyl groups excluding tert-OH is 1. The first-order valence-electron chi connectivity index (χ1n) is 7.84. The summed E-state index contributed by atoms with van der Waals surface area (Å²) >= 11 is 0. The molecule has 0 aliphatic heterocycles. The van der Waals surface area contributed by atoms with E-state index in [9.17, 15) is 20.0 Å². The molecule has 2 aromatic rings. The predicted molar refractivity (Wildman–Crippen MR) is 92.2 cm³/mol. The van der Waals surface area contributed by atoms with Gasteiger partial charge in [-0.3, -0.25) is 10.1 Å². The summed E-state index contributed by atoms with van der Waals surface area (Å²) in [6.45, 7) is 1.75. The second-order valence-electron chi connectivity index (χ2n) is 5.58. The Morgan fingerprint density at radius 1 is 1.20 bits per heavy atom. The molecule has 25 heavy (non-hydrogen) atoms. The van der Waals surface area contributed by atoms with Gasteiger partial charge in [-0.15, -0.1) is 0 Å². The van der Waals surface area contributed by atoms with Gasteiger partial charge in [0.2, 0.25) is 0 Å². The van der Waals surface area contributed by atoms with Crippen LogP contribution in [0.25, 0.3) is 0 Å². The van der Waals surface area contributed by atoms with E-state index in [-0.39, 0.29) is 30.5 Å². The van der Waals surface area contributed by atoms with E-state index in [1.54, 1.807) is 0 Å². The van der Waals surface area contributed by atoms with Crippen molar-refractivity contribution < 1.29 is 19.6 Å². The highest BCUT2D eigenvalue weighted by atomic mass is 16.6. The highest BCUT2D eigenvalue weighted by Crippen LogP contribution is 2.14. The fourth-order valence-electron chi connectivity index (χ4n) is 2.32. The van der Waals surface area contributed by atoms with E-state index in [1.165, 1.54) is 24.3 Å². The molecule has 0 aliphatic carbocycles. The number of carbonyl (C=O) groups excluding carboxylic acids is 1. The normalized spacial score (nSPS) is 13.0. The van der Waals surface area contributed by atoms with Crippen LogP contribution in [-0.2, 0) is 4.74 Å². The highest BCUT2D eigenvalue weighted by molar-refractivity contribution is 5.89. The minimum Gasteiger partial charge on any atom is -0.460 e. The largest absolute Gasteiger partial charge is 0.460 e. The Kier molecular flexibility index (Phi) is 6.62. The van der Waals surface area contributed by atoms with Crippen LogP contribution in [0, 0.1) is 10.1 Å². The minimum atomic E-state index is -0.595. The van der Waals surface area contributed by atoms with Gasteiger partial charge in [-0.05, 0) is 24.6 Å². The number of non-ortho nitro benzene ring substituents is 1. The third-order valence-corrected chi connectivity index (χ3v) is 3.74. The summed E-state index contributed by atoms with van der Waals surface area (Å²) in [5, 5.41) is 23.3. The molecular weight excluding hydrogens is 324 g/mol. The van der Waals surface area contributed by atoms with Gasteiger partial charge in [0.1, 0.15) is 6.61 Å². The molecule has 0 unspecified atom stereocenters. The lowest BCUT2D eigenvalue weighted by Crippen LogP contribution is -2.39. The van der Waals surface area contributed by atoms with Crippen LogP contribution in [0.4, 0.5) is 5.69 Å². The molecule has 0 aromatic heterocycles. The minimum absolute atomic E-state index is 0.0104. The van der Waals surface area contributed by atoms with Gasteiger partial charge >= 0.3 is 5.97 Å². The van der Waals surface area contributed by atoms with Crippen LogP contribution < -0.4 is 5.32 Å². The van der Waals surface area contributed by atoms with Gasteiger partial charge < -0.3 is 15.2 Å². The van der Waals surface area contributed by atoms with Crippen molar-refractivity contribution in [1.82, 2.24) is 5.32 Å². The Hall–Kier alpha value is -2.77. The fraction of sp³-hybridized carbons (Fsp3) is 0.278. The lowest BCUT2D eigenvalue weighted by atomic mass is 10.1. The molecule has 0 spiro atoms. The molecule has 2 aromatic carbocycles. The molecular formula is C18H20N2O5. The van der Waals surface area contributed by atoms with E-state index in [4.69, 9.17) is 4.74 Å². The molecule has 2 rings (SSSR count). The summed E-state index contributed by atoms with van der Waals surface area (Å²) in [6.07, 6.45) is 0. The Morgan fingerprint density at radius 2 is 1.84 bits per heavy atom. The number of nitro benzene ring substituents is 1. The van der Waals surface area contributed by atoms with E-state index >= 15 is 0 Å². The second-order valence-corrected chi connectivity index (χ2v) is 5.58. The molecule has 0 heterocycles. The molecule has 7 nitrogen and oxygen atoms in total. The van der Waals surface area contributed by atoms with E-state index in [1.807, 2.05) is 37.3 Å². The van der Waals surface area contributed by atoms with Crippen molar-refractivity contribution in [1.29, 1.82) is 0 Å². The van der Waals surface area contributed by atoms with Crippen LogP contribution in [-0.4, -0.2) is 35.3 Å². The maximum Gasteiger partial charge on any atom is 0.338 e. The number of carbonyl (C=O) groups is 1. The maximum atomic E-state index is 12.0. The van der Waals surface area contributed by atoms with E-state index in [0.717, 1.165) is 5.56 Å². The molecule has 0 saturated carbocycles. The van der Waals surface area contributed by atoms with Gasteiger partial charge in [0.05, 0.1) is 23.1 Å². The van der Waals surface area contributed by atoms with Gasteiger partial charge in [-0.1, -0.05) is 30.3 Å². The van der Waals surface area contributed by atoms with E-state index in [2.05, 4.69) is 5.32 Å². The molecule has 2 atom stereocenters. The monoisotopic (exact) mass is 344 g/mol. The van der Waals surface area contributed by atoms with Crippen molar-refractivity contribution in [2.24, 2.45) is 0 Å². The molecule has 0 amide bonds. The summed E-state index contributed by atoms with van der Waals surface area (Å²) in [5.74, 6) is -0.595. The summed E-state index contributed by atoms with van der Waals surface area (Å²) in [7, 11) is 0. The summed E-state index contributed by atoms with van der Waals surface area (Å²) in [6, 6.07) is 14.4. The molecule has 0 fully saturated rings. The van der Waals surface area contributed by atoms with Crippen LogP contribution in [0.15, 0.2) is 54.6 Å². The van der Waals surface area contributed by atoms with Crippen molar-refractivity contribution in [3.63, 3.8) is 0 Å².